The van der Waals surface area contributed by atoms with Crippen molar-refractivity contribution in [3.05, 3.63) is 58.7 Å². The average Bonchev–Trinajstić information content (AvgIpc) is 2.47. The molecular formula is C15H9BrN2O3. The summed E-state index contributed by atoms with van der Waals surface area (Å²) in [5, 5.41) is 18.7. The van der Waals surface area contributed by atoms with Crippen molar-refractivity contribution >= 4 is 32.7 Å². The average molecular weight is 345 g/mol. The van der Waals surface area contributed by atoms with Gasteiger partial charge in [-0.15, -0.1) is 5.10 Å². The van der Waals surface area contributed by atoms with Gasteiger partial charge in [0, 0.05) is 15.2 Å². The Morgan fingerprint density at radius 3 is 2.81 bits per heavy atom. The maximum absolute atomic E-state index is 11.3. The third-order valence-corrected chi connectivity index (χ3v) is 3.41. The maximum Gasteiger partial charge on any atom is 0.339 e. The minimum atomic E-state index is -1.06. The molecule has 3 aromatic rings. The summed E-state index contributed by atoms with van der Waals surface area (Å²) >= 11 is 3.30. The van der Waals surface area contributed by atoms with Gasteiger partial charge in [0.15, 0.2) is 0 Å². The van der Waals surface area contributed by atoms with Crippen LogP contribution in [-0.2, 0) is 0 Å². The number of hydrogen-bond donors (Lipinski definition) is 1. The van der Waals surface area contributed by atoms with Crippen LogP contribution >= 0.6 is 15.9 Å². The Morgan fingerprint density at radius 2 is 2.00 bits per heavy atom. The van der Waals surface area contributed by atoms with Gasteiger partial charge in [-0.2, -0.15) is 5.10 Å². The first-order chi connectivity index (χ1) is 10.1. The molecule has 6 heteroatoms. The summed E-state index contributed by atoms with van der Waals surface area (Å²) in [5.41, 5.74) is 0.0629. The molecule has 0 aliphatic heterocycles. The second-order valence-electron chi connectivity index (χ2n) is 4.28. The van der Waals surface area contributed by atoms with E-state index in [2.05, 4.69) is 26.1 Å². The number of rotatable bonds is 3. The van der Waals surface area contributed by atoms with Crippen LogP contribution in [0.4, 0.5) is 0 Å². The van der Waals surface area contributed by atoms with Gasteiger partial charge in [0.05, 0.1) is 6.20 Å². The van der Waals surface area contributed by atoms with Crippen molar-refractivity contribution in [2.24, 2.45) is 0 Å². The molecule has 21 heavy (non-hydrogen) atoms. The van der Waals surface area contributed by atoms with Crippen molar-refractivity contribution in [3.63, 3.8) is 0 Å². The summed E-state index contributed by atoms with van der Waals surface area (Å²) in [6.45, 7) is 0. The Morgan fingerprint density at radius 1 is 1.19 bits per heavy atom. The number of fused-ring (bicyclic) bond motifs is 1. The largest absolute Gasteiger partial charge is 0.478 e. The smallest absolute Gasteiger partial charge is 0.339 e. The molecule has 1 N–H and O–H groups in total. The molecule has 0 spiro atoms. The van der Waals surface area contributed by atoms with Gasteiger partial charge in [0.25, 0.3) is 0 Å². The Bertz CT molecular complexity index is 831. The summed E-state index contributed by atoms with van der Waals surface area (Å²) < 4.78 is 6.40. The van der Waals surface area contributed by atoms with E-state index in [4.69, 9.17) is 4.74 Å². The van der Waals surface area contributed by atoms with Crippen LogP contribution in [-0.4, -0.2) is 21.3 Å². The first-order valence-electron chi connectivity index (χ1n) is 6.06. The van der Waals surface area contributed by atoms with E-state index < -0.39 is 5.97 Å². The highest BCUT2D eigenvalue weighted by Crippen LogP contribution is 2.31. The van der Waals surface area contributed by atoms with Crippen LogP contribution < -0.4 is 4.74 Å². The highest BCUT2D eigenvalue weighted by Gasteiger charge is 2.14. The Hall–Kier alpha value is -2.47. The van der Waals surface area contributed by atoms with Crippen LogP contribution in [0.25, 0.3) is 10.8 Å². The van der Waals surface area contributed by atoms with E-state index in [1.165, 1.54) is 6.07 Å². The van der Waals surface area contributed by atoms with Gasteiger partial charge in [-0.05, 0) is 24.3 Å². The van der Waals surface area contributed by atoms with E-state index in [-0.39, 0.29) is 17.2 Å². The summed E-state index contributed by atoms with van der Waals surface area (Å²) in [6.07, 6.45) is 1.63. The number of nitrogens with zero attached hydrogens (tertiary/aromatic N) is 2. The molecule has 0 fully saturated rings. The van der Waals surface area contributed by atoms with Gasteiger partial charge in [-0.1, -0.05) is 34.1 Å². The Labute approximate surface area is 128 Å². The number of carboxylic acid groups (broad SMARTS) is 1. The fourth-order valence-electron chi connectivity index (χ4n) is 1.94. The number of ether oxygens (including phenoxy) is 1. The second kappa shape index (κ2) is 5.49. The van der Waals surface area contributed by atoms with Gasteiger partial charge in [-0.3, -0.25) is 0 Å². The van der Waals surface area contributed by atoms with Crippen molar-refractivity contribution < 1.29 is 14.6 Å². The number of hydrogen-bond acceptors (Lipinski definition) is 4. The number of aromatic carboxylic acids is 1. The highest BCUT2D eigenvalue weighted by atomic mass is 79.9. The van der Waals surface area contributed by atoms with Crippen LogP contribution in [0.5, 0.6) is 11.6 Å². The molecule has 3 rings (SSSR count). The normalized spacial score (nSPS) is 10.5. The van der Waals surface area contributed by atoms with Crippen molar-refractivity contribution in [2.45, 2.75) is 0 Å². The molecule has 1 heterocycles. The van der Waals surface area contributed by atoms with Crippen molar-refractivity contribution in [3.8, 4) is 11.6 Å². The number of benzene rings is 2. The zero-order chi connectivity index (χ0) is 14.8. The summed E-state index contributed by atoms with van der Waals surface area (Å²) in [7, 11) is 0. The molecule has 5 nitrogen and oxygen atoms in total. The van der Waals surface area contributed by atoms with Crippen LogP contribution in [0.2, 0.25) is 0 Å². The molecule has 0 aliphatic rings. The number of aromatic nitrogens is 2. The zero-order valence-corrected chi connectivity index (χ0v) is 12.2. The zero-order valence-electron chi connectivity index (χ0n) is 10.7. The lowest BCUT2D eigenvalue weighted by Crippen LogP contribution is -2.01. The molecule has 0 bridgehead atoms. The molecule has 104 valence electrons. The van der Waals surface area contributed by atoms with Crippen LogP contribution in [0.15, 0.2) is 53.1 Å². The lowest BCUT2D eigenvalue weighted by Gasteiger charge is -2.09. The minimum Gasteiger partial charge on any atom is -0.478 e. The van der Waals surface area contributed by atoms with E-state index in [0.29, 0.717) is 0 Å². The fourth-order valence-corrected chi connectivity index (χ4v) is 2.28. The van der Waals surface area contributed by atoms with Crippen LogP contribution in [0.1, 0.15) is 10.4 Å². The predicted octanol–water partition coefficient (Wildman–Crippen LogP) is 3.88. The number of carbonyl (C=O) groups is 1. The van der Waals surface area contributed by atoms with Gasteiger partial charge in [0.2, 0.25) is 5.88 Å². The van der Waals surface area contributed by atoms with Gasteiger partial charge in [0.1, 0.15) is 11.3 Å². The standard InChI is InChI=1S/C15H9BrN2O3/c16-10-5-6-12(15(19)20)13(7-10)21-14-11-4-2-1-3-9(11)8-17-18-14/h1-8H,(H,19,20). The Balaban J connectivity index is 2.11. The third kappa shape index (κ3) is 2.71. The van der Waals surface area contributed by atoms with E-state index in [9.17, 15) is 9.90 Å². The summed E-state index contributed by atoms with van der Waals surface area (Å²) in [5.74, 6) is -0.582. The number of carboxylic acids is 1. The number of halogens is 1. The molecule has 0 aliphatic carbocycles. The van der Waals surface area contributed by atoms with E-state index in [1.807, 2.05) is 24.3 Å². The topological polar surface area (TPSA) is 72.3 Å². The highest BCUT2D eigenvalue weighted by molar-refractivity contribution is 9.10. The monoisotopic (exact) mass is 344 g/mol. The SMILES string of the molecule is O=C(O)c1ccc(Br)cc1Oc1nncc2ccccc12. The predicted molar refractivity (Wildman–Crippen MR) is 80.7 cm³/mol. The molecule has 0 saturated heterocycles. The molecule has 0 unspecified atom stereocenters. The molecule has 0 radical (unpaired) electrons. The fraction of sp³-hybridized carbons (Fsp3) is 0. The van der Waals surface area contributed by atoms with Crippen LogP contribution in [0.3, 0.4) is 0 Å². The minimum absolute atomic E-state index is 0.0629. The molecule has 0 atom stereocenters. The van der Waals surface area contributed by atoms with E-state index in [0.717, 1.165) is 15.2 Å². The lowest BCUT2D eigenvalue weighted by atomic mass is 10.2. The Kier molecular flexibility index (Phi) is 3.53. The molecule has 1 aromatic heterocycles. The first kappa shape index (κ1) is 13.5. The van der Waals surface area contributed by atoms with E-state index in [1.54, 1.807) is 18.3 Å². The molecular weight excluding hydrogens is 336 g/mol. The molecule has 2 aromatic carbocycles. The van der Waals surface area contributed by atoms with Crippen molar-refractivity contribution in [1.82, 2.24) is 10.2 Å². The van der Waals surface area contributed by atoms with Gasteiger partial charge in [-0.25, -0.2) is 4.79 Å². The first-order valence-corrected chi connectivity index (χ1v) is 6.85. The van der Waals surface area contributed by atoms with Crippen LogP contribution in [0, 0.1) is 0 Å². The molecule has 0 amide bonds. The molecule has 0 saturated carbocycles. The second-order valence-corrected chi connectivity index (χ2v) is 5.20. The van der Waals surface area contributed by atoms with E-state index >= 15 is 0 Å². The third-order valence-electron chi connectivity index (χ3n) is 2.92. The lowest BCUT2D eigenvalue weighted by molar-refractivity contribution is 0.0694. The quantitative estimate of drug-likeness (QED) is 0.780. The van der Waals surface area contributed by atoms with Gasteiger partial charge < -0.3 is 9.84 Å². The summed E-state index contributed by atoms with van der Waals surface area (Å²) in [6, 6.07) is 12.2. The van der Waals surface area contributed by atoms with Crippen molar-refractivity contribution in [1.29, 1.82) is 0 Å². The van der Waals surface area contributed by atoms with Gasteiger partial charge >= 0.3 is 5.97 Å². The maximum atomic E-state index is 11.3. The summed E-state index contributed by atoms with van der Waals surface area (Å²) in [4.78, 5) is 11.3. The van der Waals surface area contributed by atoms with Crippen molar-refractivity contribution in [2.75, 3.05) is 0 Å².